The van der Waals surface area contributed by atoms with Crippen LogP contribution in [0.2, 0.25) is 0 Å². The number of aryl methyl sites for hydroxylation is 1. The van der Waals surface area contributed by atoms with Gasteiger partial charge in [-0.05, 0) is 25.8 Å². The summed E-state index contributed by atoms with van der Waals surface area (Å²) in [5.74, 6) is 2.05. The number of piperidine rings is 1. The Morgan fingerprint density at radius 2 is 2.00 bits per heavy atom. The van der Waals surface area contributed by atoms with E-state index in [4.69, 9.17) is 4.42 Å². The predicted molar refractivity (Wildman–Crippen MR) is 101 cm³/mol. The molecule has 0 spiro atoms. The third kappa shape index (κ3) is 3.46. The fraction of sp³-hybridized carbons (Fsp3) is 0.611. The van der Waals surface area contributed by atoms with Gasteiger partial charge in [0.1, 0.15) is 11.6 Å². The van der Waals surface area contributed by atoms with Crippen LogP contribution in [0, 0.1) is 6.92 Å². The second-order valence-corrected chi connectivity index (χ2v) is 9.38. The Labute approximate surface area is 164 Å². The van der Waals surface area contributed by atoms with Crippen LogP contribution in [0.25, 0.3) is 0 Å². The first-order valence-electron chi connectivity index (χ1n) is 9.58. The van der Waals surface area contributed by atoms with E-state index in [2.05, 4.69) is 10.2 Å². The summed E-state index contributed by atoms with van der Waals surface area (Å²) < 4.78 is 33.3. The minimum atomic E-state index is -3.32. The van der Waals surface area contributed by atoms with Gasteiger partial charge in [-0.3, -0.25) is 4.79 Å². The number of carbonyl (C=O) groups excluding carboxylic acids is 1. The Hall–Kier alpha value is -2.20. The molecule has 1 unspecified atom stereocenters. The lowest BCUT2D eigenvalue weighted by molar-refractivity contribution is 0.0756. The number of amides is 1. The molecule has 10 heteroatoms. The first-order chi connectivity index (χ1) is 13.4. The second-order valence-electron chi connectivity index (χ2n) is 7.44. The minimum absolute atomic E-state index is 0.0538. The van der Waals surface area contributed by atoms with E-state index in [0.717, 1.165) is 25.1 Å². The number of hydrogen-bond acceptors (Lipinski definition) is 6. The Morgan fingerprint density at radius 1 is 1.18 bits per heavy atom. The maximum Gasteiger partial charge on any atom is 0.257 e. The van der Waals surface area contributed by atoms with E-state index in [1.54, 1.807) is 17.9 Å². The van der Waals surface area contributed by atoms with Crippen LogP contribution in [0.3, 0.4) is 0 Å². The van der Waals surface area contributed by atoms with Crippen molar-refractivity contribution >= 4 is 15.9 Å². The van der Waals surface area contributed by atoms with Gasteiger partial charge in [0.15, 0.2) is 5.82 Å². The third-order valence-electron chi connectivity index (χ3n) is 5.61. The summed E-state index contributed by atoms with van der Waals surface area (Å²) in [5, 5.41) is 8.67. The number of carbonyl (C=O) groups is 1. The molecule has 2 aromatic rings. The SMILES string of the molecule is Cc1occc1C(=O)N1CCc2nnc(C3CCCCN3S(C)(=O)=O)n2CC1. The Balaban J connectivity index is 1.57. The summed E-state index contributed by atoms with van der Waals surface area (Å²) in [6, 6.07) is 1.41. The van der Waals surface area contributed by atoms with E-state index < -0.39 is 10.0 Å². The van der Waals surface area contributed by atoms with Crippen LogP contribution in [0.15, 0.2) is 16.7 Å². The maximum atomic E-state index is 12.8. The van der Waals surface area contributed by atoms with Crippen LogP contribution >= 0.6 is 0 Å². The van der Waals surface area contributed by atoms with Crippen molar-refractivity contribution < 1.29 is 17.6 Å². The predicted octanol–water partition coefficient (Wildman–Crippen LogP) is 1.36. The molecule has 28 heavy (non-hydrogen) atoms. The zero-order valence-corrected chi connectivity index (χ0v) is 17.0. The first-order valence-corrected chi connectivity index (χ1v) is 11.4. The van der Waals surface area contributed by atoms with Gasteiger partial charge in [0.2, 0.25) is 10.0 Å². The monoisotopic (exact) mass is 407 g/mol. The van der Waals surface area contributed by atoms with Gasteiger partial charge >= 0.3 is 0 Å². The van der Waals surface area contributed by atoms with Crippen LogP contribution < -0.4 is 0 Å². The van der Waals surface area contributed by atoms with Crippen LogP contribution in [0.1, 0.15) is 53.1 Å². The van der Waals surface area contributed by atoms with E-state index in [-0.39, 0.29) is 11.9 Å². The maximum absolute atomic E-state index is 12.8. The van der Waals surface area contributed by atoms with Gasteiger partial charge in [0.25, 0.3) is 5.91 Å². The summed E-state index contributed by atoms with van der Waals surface area (Å²) in [7, 11) is -3.32. The third-order valence-corrected chi connectivity index (χ3v) is 6.90. The number of furan rings is 1. The zero-order chi connectivity index (χ0) is 19.9. The highest BCUT2D eigenvalue weighted by atomic mass is 32.2. The normalized spacial score (nSPS) is 21.4. The topological polar surface area (TPSA) is 102 Å². The molecule has 1 amide bonds. The quantitative estimate of drug-likeness (QED) is 0.761. The van der Waals surface area contributed by atoms with Crippen LogP contribution in [0.5, 0.6) is 0 Å². The molecule has 2 aliphatic rings. The van der Waals surface area contributed by atoms with Crippen LogP contribution in [-0.2, 0) is 23.0 Å². The van der Waals surface area contributed by atoms with Crippen molar-refractivity contribution in [3.8, 4) is 0 Å². The van der Waals surface area contributed by atoms with Gasteiger partial charge < -0.3 is 13.9 Å². The van der Waals surface area contributed by atoms with Gasteiger partial charge in [-0.15, -0.1) is 10.2 Å². The van der Waals surface area contributed by atoms with Crippen molar-refractivity contribution in [1.29, 1.82) is 0 Å². The Bertz CT molecular complexity index is 980. The van der Waals surface area contributed by atoms with Gasteiger partial charge in [0.05, 0.1) is 24.1 Å². The van der Waals surface area contributed by atoms with Crippen LogP contribution in [-0.4, -0.2) is 64.2 Å². The molecule has 4 heterocycles. The molecule has 1 fully saturated rings. The molecule has 0 radical (unpaired) electrons. The summed E-state index contributed by atoms with van der Waals surface area (Å²) in [4.78, 5) is 14.6. The Kier molecular flexibility index (Phi) is 5.00. The number of sulfonamides is 1. The minimum Gasteiger partial charge on any atom is -0.469 e. The standard InChI is InChI=1S/C18H25N5O4S/c1-13-14(7-12-27-13)18(24)21-9-6-16-19-20-17(22(16)11-10-21)15-5-3-4-8-23(15)28(2,25)26/h7,12,15H,3-6,8-11H2,1-2H3. The van der Waals surface area contributed by atoms with E-state index in [1.165, 1.54) is 16.8 Å². The molecule has 0 aliphatic carbocycles. The fourth-order valence-corrected chi connectivity index (χ4v) is 5.25. The summed E-state index contributed by atoms with van der Waals surface area (Å²) in [5.41, 5.74) is 0.577. The molecule has 4 rings (SSSR count). The number of aromatic nitrogens is 3. The molecule has 0 bridgehead atoms. The molecule has 152 valence electrons. The highest BCUT2D eigenvalue weighted by Crippen LogP contribution is 2.32. The molecule has 0 aromatic carbocycles. The zero-order valence-electron chi connectivity index (χ0n) is 16.2. The lowest BCUT2D eigenvalue weighted by Crippen LogP contribution is -2.39. The number of hydrogen-bond donors (Lipinski definition) is 0. The average Bonchev–Trinajstić information content (AvgIpc) is 3.21. The lowest BCUT2D eigenvalue weighted by atomic mass is 10.0. The lowest BCUT2D eigenvalue weighted by Gasteiger charge is -2.33. The average molecular weight is 407 g/mol. The largest absolute Gasteiger partial charge is 0.469 e. The fourth-order valence-electron chi connectivity index (χ4n) is 4.13. The summed E-state index contributed by atoms with van der Waals surface area (Å²) in [6.45, 7) is 3.90. The summed E-state index contributed by atoms with van der Waals surface area (Å²) >= 11 is 0. The number of fused-ring (bicyclic) bond motifs is 1. The smallest absolute Gasteiger partial charge is 0.257 e. The molecule has 0 saturated carbocycles. The van der Waals surface area contributed by atoms with Crippen molar-refractivity contribution in [2.75, 3.05) is 25.9 Å². The molecule has 0 N–H and O–H groups in total. The van der Waals surface area contributed by atoms with E-state index in [9.17, 15) is 13.2 Å². The number of nitrogens with zero attached hydrogens (tertiary/aromatic N) is 5. The molecular weight excluding hydrogens is 382 g/mol. The first kappa shape index (κ1) is 19.1. The van der Waals surface area contributed by atoms with Gasteiger partial charge in [-0.2, -0.15) is 4.31 Å². The van der Waals surface area contributed by atoms with Gasteiger partial charge in [-0.25, -0.2) is 8.42 Å². The highest BCUT2D eigenvalue weighted by molar-refractivity contribution is 7.88. The highest BCUT2D eigenvalue weighted by Gasteiger charge is 2.35. The summed E-state index contributed by atoms with van der Waals surface area (Å²) in [6.07, 6.45) is 5.92. The molecule has 2 aliphatic heterocycles. The molecule has 2 aromatic heterocycles. The molecule has 9 nitrogen and oxygen atoms in total. The van der Waals surface area contributed by atoms with Crippen molar-refractivity contribution in [2.24, 2.45) is 0 Å². The number of rotatable bonds is 3. The van der Waals surface area contributed by atoms with Crippen LogP contribution in [0.4, 0.5) is 0 Å². The molecule has 1 atom stereocenters. The van der Waals surface area contributed by atoms with Crippen molar-refractivity contribution in [3.05, 3.63) is 35.3 Å². The van der Waals surface area contributed by atoms with Gasteiger partial charge in [0, 0.05) is 32.6 Å². The van der Waals surface area contributed by atoms with E-state index in [1.807, 2.05) is 4.57 Å². The van der Waals surface area contributed by atoms with Gasteiger partial charge in [-0.1, -0.05) is 6.42 Å². The van der Waals surface area contributed by atoms with Crippen molar-refractivity contribution in [2.45, 2.75) is 45.2 Å². The van der Waals surface area contributed by atoms with Crippen molar-refractivity contribution in [3.63, 3.8) is 0 Å². The van der Waals surface area contributed by atoms with E-state index >= 15 is 0 Å². The molecule has 1 saturated heterocycles. The Morgan fingerprint density at radius 3 is 2.71 bits per heavy atom. The van der Waals surface area contributed by atoms with E-state index in [0.29, 0.717) is 49.7 Å². The second kappa shape index (κ2) is 7.32. The van der Waals surface area contributed by atoms with Crippen molar-refractivity contribution in [1.82, 2.24) is 24.0 Å². The molecular formula is C18H25N5O4S.